The van der Waals surface area contributed by atoms with Gasteiger partial charge in [0, 0.05) is 12.2 Å². The summed E-state index contributed by atoms with van der Waals surface area (Å²) in [6.45, 7) is 2.11. The number of hydrogen-bond donors (Lipinski definition) is 2. The SMILES string of the molecule is CC(CO)(NC1CCCC1)c1ccccn1. The lowest BCUT2D eigenvalue weighted by Crippen LogP contribution is -2.48. The standard InChI is InChI=1S/C13H20N2O/c1-13(10-16,12-8-4-5-9-14-12)15-11-6-2-3-7-11/h4-5,8-9,11,15-16H,2-3,6-7,10H2,1H3. The third-order valence-corrected chi connectivity index (χ3v) is 3.42. The van der Waals surface area contributed by atoms with Crippen molar-refractivity contribution in [3.05, 3.63) is 30.1 Å². The summed E-state index contributed by atoms with van der Waals surface area (Å²) in [4.78, 5) is 4.34. The summed E-state index contributed by atoms with van der Waals surface area (Å²) in [5, 5.41) is 13.1. The van der Waals surface area contributed by atoms with Crippen molar-refractivity contribution in [3.63, 3.8) is 0 Å². The lowest BCUT2D eigenvalue weighted by molar-refractivity contribution is 0.157. The molecule has 0 aliphatic heterocycles. The average Bonchev–Trinajstić information content (AvgIpc) is 2.83. The zero-order valence-electron chi connectivity index (χ0n) is 9.82. The zero-order valence-corrected chi connectivity index (χ0v) is 9.82. The number of nitrogens with one attached hydrogen (secondary N) is 1. The Kier molecular flexibility index (Phi) is 3.56. The Morgan fingerprint density at radius 1 is 1.44 bits per heavy atom. The molecule has 1 aromatic rings. The van der Waals surface area contributed by atoms with Crippen molar-refractivity contribution in [2.24, 2.45) is 0 Å². The van der Waals surface area contributed by atoms with E-state index >= 15 is 0 Å². The lowest BCUT2D eigenvalue weighted by atomic mass is 9.96. The Morgan fingerprint density at radius 3 is 2.75 bits per heavy atom. The average molecular weight is 220 g/mol. The fraction of sp³-hybridized carbons (Fsp3) is 0.615. The second-order valence-corrected chi connectivity index (χ2v) is 4.83. The van der Waals surface area contributed by atoms with Gasteiger partial charge in [0.05, 0.1) is 17.8 Å². The number of rotatable bonds is 4. The van der Waals surface area contributed by atoms with E-state index in [0.29, 0.717) is 6.04 Å². The number of pyridine rings is 1. The predicted octanol–water partition coefficient (Wildman–Crippen LogP) is 1.82. The molecule has 1 aliphatic rings. The van der Waals surface area contributed by atoms with Gasteiger partial charge in [-0.3, -0.25) is 4.98 Å². The van der Waals surface area contributed by atoms with Crippen molar-refractivity contribution in [2.75, 3.05) is 6.61 Å². The largest absolute Gasteiger partial charge is 0.394 e. The molecule has 1 aromatic heterocycles. The molecule has 1 fully saturated rings. The highest BCUT2D eigenvalue weighted by Gasteiger charge is 2.30. The Bertz CT molecular complexity index is 322. The van der Waals surface area contributed by atoms with E-state index in [2.05, 4.69) is 10.3 Å². The maximum absolute atomic E-state index is 9.60. The maximum Gasteiger partial charge on any atom is 0.0816 e. The maximum atomic E-state index is 9.60. The van der Waals surface area contributed by atoms with Gasteiger partial charge >= 0.3 is 0 Å². The van der Waals surface area contributed by atoms with Gasteiger partial charge in [0.2, 0.25) is 0 Å². The number of hydrogen-bond acceptors (Lipinski definition) is 3. The molecule has 0 bridgehead atoms. The smallest absolute Gasteiger partial charge is 0.0816 e. The highest BCUT2D eigenvalue weighted by molar-refractivity contribution is 5.15. The molecular weight excluding hydrogens is 200 g/mol. The van der Waals surface area contributed by atoms with Crippen molar-refractivity contribution < 1.29 is 5.11 Å². The lowest BCUT2D eigenvalue weighted by Gasteiger charge is -2.31. The van der Waals surface area contributed by atoms with Gasteiger partial charge in [0.25, 0.3) is 0 Å². The Balaban J connectivity index is 2.12. The molecule has 2 rings (SSSR count). The molecule has 88 valence electrons. The van der Waals surface area contributed by atoms with Gasteiger partial charge in [0.15, 0.2) is 0 Å². The molecule has 1 atom stereocenters. The molecule has 3 heteroatoms. The van der Waals surface area contributed by atoms with Crippen LogP contribution in [0.1, 0.15) is 38.3 Å². The highest BCUT2D eigenvalue weighted by Crippen LogP contribution is 2.24. The van der Waals surface area contributed by atoms with Crippen LogP contribution in [0.4, 0.5) is 0 Å². The summed E-state index contributed by atoms with van der Waals surface area (Å²) in [7, 11) is 0. The Morgan fingerprint density at radius 2 is 2.19 bits per heavy atom. The number of aliphatic hydroxyl groups is 1. The fourth-order valence-electron chi connectivity index (χ4n) is 2.41. The highest BCUT2D eigenvalue weighted by atomic mass is 16.3. The molecule has 0 amide bonds. The summed E-state index contributed by atoms with van der Waals surface area (Å²) >= 11 is 0. The van der Waals surface area contributed by atoms with Gasteiger partial charge in [-0.1, -0.05) is 18.9 Å². The van der Waals surface area contributed by atoms with E-state index in [-0.39, 0.29) is 6.61 Å². The summed E-state index contributed by atoms with van der Waals surface area (Å²) in [5.74, 6) is 0. The molecule has 2 N–H and O–H groups in total. The van der Waals surface area contributed by atoms with Crippen LogP contribution in [-0.2, 0) is 5.54 Å². The van der Waals surface area contributed by atoms with Crippen LogP contribution in [0.5, 0.6) is 0 Å². The van der Waals surface area contributed by atoms with Crippen LogP contribution in [0.25, 0.3) is 0 Å². The van der Waals surface area contributed by atoms with E-state index < -0.39 is 5.54 Å². The first-order chi connectivity index (χ1) is 7.74. The van der Waals surface area contributed by atoms with Crippen LogP contribution in [-0.4, -0.2) is 22.7 Å². The molecule has 0 saturated heterocycles. The summed E-state index contributed by atoms with van der Waals surface area (Å²) in [5.41, 5.74) is 0.514. The van der Waals surface area contributed by atoms with Crippen LogP contribution >= 0.6 is 0 Å². The van der Waals surface area contributed by atoms with Crippen LogP contribution in [0.3, 0.4) is 0 Å². The summed E-state index contributed by atoms with van der Waals surface area (Å²) in [6, 6.07) is 6.36. The molecule has 0 radical (unpaired) electrons. The topological polar surface area (TPSA) is 45.1 Å². The molecule has 1 unspecified atom stereocenters. The van der Waals surface area contributed by atoms with Crippen molar-refractivity contribution >= 4 is 0 Å². The van der Waals surface area contributed by atoms with Crippen molar-refractivity contribution in [3.8, 4) is 0 Å². The first-order valence-corrected chi connectivity index (χ1v) is 6.05. The first kappa shape index (κ1) is 11.6. The van der Waals surface area contributed by atoms with Gasteiger partial charge in [0.1, 0.15) is 0 Å². The molecule has 1 aliphatic carbocycles. The van der Waals surface area contributed by atoms with E-state index in [1.807, 2.05) is 25.1 Å². The van der Waals surface area contributed by atoms with Gasteiger partial charge in [-0.15, -0.1) is 0 Å². The third kappa shape index (κ3) is 2.42. The van der Waals surface area contributed by atoms with Crippen LogP contribution < -0.4 is 5.32 Å². The van der Waals surface area contributed by atoms with Crippen molar-refractivity contribution in [1.82, 2.24) is 10.3 Å². The van der Waals surface area contributed by atoms with E-state index in [1.165, 1.54) is 25.7 Å². The van der Waals surface area contributed by atoms with E-state index in [4.69, 9.17) is 0 Å². The minimum absolute atomic E-state index is 0.0838. The predicted molar refractivity (Wildman–Crippen MR) is 64.1 cm³/mol. The molecule has 0 spiro atoms. The van der Waals surface area contributed by atoms with Gasteiger partial charge in [-0.05, 0) is 31.9 Å². The third-order valence-electron chi connectivity index (χ3n) is 3.42. The summed E-state index contributed by atoms with van der Waals surface area (Å²) < 4.78 is 0. The second kappa shape index (κ2) is 4.93. The molecular formula is C13H20N2O. The van der Waals surface area contributed by atoms with Gasteiger partial charge in [-0.25, -0.2) is 0 Å². The molecule has 3 nitrogen and oxygen atoms in total. The van der Waals surface area contributed by atoms with Crippen LogP contribution in [0, 0.1) is 0 Å². The minimum atomic E-state index is -0.406. The first-order valence-electron chi connectivity index (χ1n) is 6.05. The van der Waals surface area contributed by atoms with Crippen LogP contribution in [0.2, 0.25) is 0 Å². The fourth-order valence-corrected chi connectivity index (χ4v) is 2.41. The quantitative estimate of drug-likeness (QED) is 0.813. The Labute approximate surface area is 96.9 Å². The molecule has 0 aromatic carbocycles. The summed E-state index contributed by atoms with van der Waals surface area (Å²) in [6.07, 6.45) is 6.78. The van der Waals surface area contributed by atoms with Gasteiger partial charge in [-0.2, -0.15) is 0 Å². The van der Waals surface area contributed by atoms with Crippen molar-refractivity contribution in [2.45, 2.75) is 44.2 Å². The van der Waals surface area contributed by atoms with E-state index in [1.54, 1.807) is 6.20 Å². The molecule has 16 heavy (non-hydrogen) atoms. The number of nitrogens with zero attached hydrogens (tertiary/aromatic N) is 1. The Hall–Kier alpha value is -0.930. The molecule has 1 heterocycles. The van der Waals surface area contributed by atoms with E-state index in [9.17, 15) is 5.11 Å². The normalized spacial score (nSPS) is 20.9. The van der Waals surface area contributed by atoms with E-state index in [0.717, 1.165) is 5.69 Å². The van der Waals surface area contributed by atoms with Crippen LogP contribution in [0.15, 0.2) is 24.4 Å². The number of aliphatic hydroxyl groups excluding tert-OH is 1. The molecule has 1 saturated carbocycles. The minimum Gasteiger partial charge on any atom is -0.394 e. The number of aromatic nitrogens is 1. The van der Waals surface area contributed by atoms with Gasteiger partial charge < -0.3 is 10.4 Å². The van der Waals surface area contributed by atoms with Crippen molar-refractivity contribution in [1.29, 1.82) is 0 Å². The zero-order chi connectivity index (χ0) is 11.4. The second-order valence-electron chi connectivity index (χ2n) is 4.83. The monoisotopic (exact) mass is 220 g/mol.